The van der Waals surface area contributed by atoms with Gasteiger partial charge in [-0.15, -0.1) is 0 Å². The normalized spacial score (nSPS) is 13.8. The van der Waals surface area contributed by atoms with Crippen LogP contribution in [0.2, 0.25) is 5.02 Å². The molecule has 0 heterocycles. The minimum absolute atomic E-state index is 0.0391. The van der Waals surface area contributed by atoms with Crippen molar-refractivity contribution < 1.29 is 5.11 Å². The summed E-state index contributed by atoms with van der Waals surface area (Å²) < 4.78 is 0. The van der Waals surface area contributed by atoms with Crippen molar-refractivity contribution in [2.45, 2.75) is 25.3 Å². The first-order chi connectivity index (χ1) is 9.70. The highest BCUT2D eigenvalue weighted by Gasteiger charge is 2.30. The summed E-state index contributed by atoms with van der Waals surface area (Å²) in [5.41, 5.74) is 1.54. The van der Waals surface area contributed by atoms with E-state index in [9.17, 15) is 5.11 Å². The second-order valence-electron chi connectivity index (χ2n) is 4.99. The van der Waals surface area contributed by atoms with Crippen molar-refractivity contribution in [3.05, 3.63) is 65.2 Å². The van der Waals surface area contributed by atoms with Crippen molar-refractivity contribution in [1.82, 2.24) is 0 Å². The molecular weight excluding hydrogens is 270 g/mol. The van der Waals surface area contributed by atoms with Gasteiger partial charge in [-0.1, -0.05) is 61.3 Å². The number of benzene rings is 2. The van der Waals surface area contributed by atoms with Crippen LogP contribution in [0.1, 0.15) is 25.3 Å². The molecule has 0 aliphatic heterocycles. The molecule has 0 amide bonds. The number of aliphatic hydroxyl groups excluding tert-OH is 1. The Kier molecular flexibility index (Phi) is 5.05. The summed E-state index contributed by atoms with van der Waals surface area (Å²) in [5.74, 6) is 0. The Morgan fingerprint density at radius 1 is 1.10 bits per heavy atom. The van der Waals surface area contributed by atoms with E-state index in [1.165, 1.54) is 0 Å². The van der Waals surface area contributed by atoms with Crippen molar-refractivity contribution in [2.75, 3.05) is 11.9 Å². The lowest BCUT2D eigenvalue weighted by Gasteiger charge is -2.34. The number of hydrogen-bond acceptors (Lipinski definition) is 2. The number of rotatable bonds is 6. The SMILES string of the molecule is CCCC(CO)(Nc1cccc(Cl)c1)c1ccccc1. The highest BCUT2D eigenvalue weighted by Crippen LogP contribution is 2.31. The van der Waals surface area contributed by atoms with Gasteiger partial charge in [-0.2, -0.15) is 0 Å². The Bertz CT molecular complexity index is 544. The zero-order valence-corrected chi connectivity index (χ0v) is 12.4. The molecule has 0 radical (unpaired) electrons. The van der Waals surface area contributed by atoms with E-state index in [1.54, 1.807) is 0 Å². The van der Waals surface area contributed by atoms with Crippen LogP contribution in [0, 0.1) is 0 Å². The van der Waals surface area contributed by atoms with Crippen LogP contribution in [0.25, 0.3) is 0 Å². The molecule has 2 aromatic carbocycles. The first-order valence-electron chi connectivity index (χ1n) is 6.90. The smallest absolute Gasteiger partial charge is 0.0856 e. The Hall–Kier alpha value is -1.51. The second kappa shape index (κ2) is 6.78. The lowest BCUT2D eigenvalue weighted by atomic mass is 9.86. The van der Waals surface area contributed by atoms with Gasteiger partial charge in [0, 0.05) is 10.7 Å². The molecule has 0 fully saturated rings. The molecule has 2 N–H and O–H groups in total. The third-order valence-electron chi connectivity index (χ3n) is 3.48. The van der Waals surface area contributed by atoms with E-state index in [1.807, 2.05) is 54.6 Å². The highest BCUT2D eigenvalue weighted by molar-refractivity contribution is 6.30. The number of anilines is 1. The summed E-state index contributed by atoms with van der Waals surface area (Å²) in [6.45, 7) is 2.16. The topological polar surface area (TPSA) is 32.3 Å². The largest absolute Gasteiger partial charge is 0.394 e. The van der Waals surface area contributed by atoms with E-state index in [-0.39, 0.29) is 6.61 Å². The van der Waals surface area contributed by atoms with Crippen LogP contribution < -0.4 is 5.32 Å². The molecule has 0 aliphatic rings. The van der Waals surface area contributed by atoms with E-state index in [0.717, 1.165) is 24.1 Å². The fourth-order valence-corrected chi connectivity index (χ4v) is 2.71. The van der Waals surface area contributed by atoms with Crippen molar-refractivity contribution in [2.24, 2.45) is 0 Å². The molecule has 0 saturated carbocycles. The van der Waals surface area contributed by atoms with Crippen molar-refractivity contribution in [3.63, 3.8) is 0 Å². The molecule has 1 atom stereocenters. The molecule has 2 aromatic rings. The summed E-state index contributed by atoms with van der Waals surface area (Å²) >= 11 is 6.04. The Morgan fingerprint density at radius 3 is 2.45 bits per heavy atom. The number of nitrogens with one attached hydrogen (secondary N) is 1. The van der Waals surface area contributed by atoms with E-state index in [0.29, 0.717) is 5.02 Å². The third-order valence-corrected chi connectivity index (χ3v) is 3.72. The van der Waals surface area contributed by atoms with Gasteiger partial charge in [0.1, 0.15) is 0 Å². The van der Waals surface area contributed by atoms with Gasteiger partial charge in [-0.05, 0) is 30.2 Å². The van der Waals surface area contributed by atoms with Crippen molar-refractivity contribution in [3.8, 4) is 0 Å². The van der Waals surface area contributed by atoms with Gasteiger partial charge in [0.05, 0.1) is 12.1 Å². The summed E-state index contributed by atoms with van der Waals surface area (Å²) in [4.78, 5) is 0. The monoisotopic (exact) mass is 289 g/mol. The van der Waals surface area contributed by atoms with Gasteiger partial charge >= 0.3 is 0 Å². The highest BCUT2D eigenvalue weighted by atomic mass is 35.5. The standard InChI is InChI=1S/C17H20ClNO/c1-2-11-17(13-20,14-7-4-3-5-8-14)19-16-10-6-9-15(18)12-16/h3-10,12,19-20H,2,11,13H2,1H3. The van der Waals surface area contributed by atoms with Gasteiger partial charge in [0.25, 0.3) is 0 Å². The average Bonchev–Trinajstić information content (AvgIpc) is 2.48. The van der Waals surface area contributed by atoms with E-state index in [2.05, 4.69) is 12.2 Å². The molecule has 2 rings (SSSR count). The summed E-state index contributed by atoms with van der Waals surface area (Å²) in [7, 11) is 0. The molecule has 106 valence electrons. The van der Waals surface area contributed by atoms with Gasteiger partial charge in [0.15, 0.2) is 0 Å². The van der Waals surface area contributed by atoms with Gasteiger partial charge in [0.2, 0.25) is 0 Å². The molecule has 2 nitrogen and oxygen atoms in total. The molecule has 20 heavy (non-hydrogen) atoms. The zero-order chi connectivity index (χ0) is 14.4. The first kappa shape index (κ1) is 14.9. The van der Waals surface area contributed by atoms with Gasteiger partial charge in [-0.25, -0.2) is 0 Å². The fraction of sp³-hybridized carbons (Fsp3) is 0.294. The Labute approximate surface area is 125 Å². The van der Waals surface area contributed by atoms with E-state index >= 15 is 0 Å². The van der Waals surface area contributed by atoms with Gasteiger partial charge < -0.3 is 10.4 Å². The van der Waals surface area contributed by atoms with E-state index in [4.69, 9.17) is 11.6 Å². The van der Waals surface area contributed by atoms with Crippen LogP contribution in [-0.2, 0) is 5.54 Å². The molecule has 0 saturated heterocycles. The molecular formula is C17H20ClNO. The van der Waals surface area contributed by atoms with Crippen LogP contribution >= 0.6 is 11.6 Å². The predicted octanol–water partition coefficient (Wildman–Crippen LogP) is 4.44. The molecule has 0 aromatic heterocycles. The van der Waals surface area contributed by atoms with Crippen LogP contribution in [0.5, 0.6) is 0 Å². The lowest BCUT2D eigenvalue weighted by molar-refractivity contribution is 0.202. The molecule has 3 heteroatoms. The van der Waals surface area contributed by atoms with Crippen LogP contribution in [-0.4, -0.2) is 11.7 Å². The van der Waals surface area contributed by atoms with Crippen LogP contribution in [0.3, 0.4) is 0 Å². The summed E-state index contributed by atoms with van der Waals surface area (Å²) in [5, 5.41) is 14.1. The van der Waals surface area contributed by atoms with E-state index < -0.39 is 5.54 Å². The predicted molar refractivity (Wildman–Crippen MR) is 85.2 cm³/mol. The minimum atomic E-state index is -0.472. The quantitative estimate of drug-likeness (QED) is 0.824. The maximum atomic E-state index is 10.00. The number of halogens is 1. The van der Waals surface area contributed by atoms with Crippen molar-refractivity contribution >= 4 is 17.3 Å². The maximum Gasteiger partial charge on any atom is 0.0856 e. The zero-order valence-electron chi connectivity index (χ0n) is 11.6. The number of aliphatic hydroxyl groups is 1. The summed E-state index contributed by atoms with van der Waals surface area (Å²) in [6, 6.07) is 17.7. The Balaban J connectivity index is 2.37. The molecule has 1 unspecified atom stereocenters. The second-order valence-corrected chi connectivity index (χ2v) is 5.43. The van der Waals surface area contributed by atoms with Crippen LogP contribution in [0.15, 0.2) is 54.6 Å². The lowest BCUT2D eigenvalue weighted by Crippen LogP contribution is -2.39. The molecule has 0 aliphatic carbocycles. The van der Waals surface area contributed by atoms with Crippen molar-refractivity contribution in [1.29, 1.82) is 0 Å². The summed E-state index contributed by atoms with van der Waals surface area (Å²) in [6.07, 6.45) is 1.82. The van der Waals surface area contributed by atoms with Crippen LogP contribution in [0.4, 0.5) is 5.69 Å². The number of hydrogen-bond donors (Lipinski definition) is 2. The molecule has 0 bridgehead atoms. The minimum Gasteiger partial charge on any atom is -0.394 e. The molecule has 0 spiro atoms. The maximum absolute atomic E-state index is 10.00. The first-order valence-corrected chi connectivity index (χ1v) is 7.28. The fourth-order valence-electron chi connectivity index (χ4n) is 2.52. The van der Waals surface area contributed by atoms with Gasteiger partial charge in [-0.3, -0.25) is 0 Å². The third kappa shape index (κ3) is 3.33. The average molecular weight is 290 g/mol. The Morgan fingerprint density at radius 2 is 1.85 bits per heavy atom.